The molecule has 0 heterocycles. The molecule has 0 aliphatic heterocycles. The molecule has 4 N–H and O–H groups in total. The average molecular weight is 278 g/mol. The highest BCUT2D eigenvalue weighted by atomic mass is 35.5. The lowest BCUT2D eigenvalue weighted by Crippen LogP contribution is -2.37. The van der Waals surface area contributed by atoms with Gasteiger partial charge in [-0.1, -0.05) is 12.8 Å². The molecule has 1 rings (SSSR count). The predicted octanol–water partition coefficient (Wildman–Crippen LogP) is 0.712. The van der Waals surface area contributed by atoms with Gasteiger partial charge in [-0.25, -0.2) is 0 Å². The number of hydrogen-bond acceptors (Lipinski definition) is 3. The minimum Gasteiger partial charge on any atom is -0.352 e. The fourth-order valence-corrected chi connectivity index (χ4v) is 1.56. The maximum atomic E-state index is 11.4. The normalized spacial score (nSPS) is 13.6. The van der Waals surface area contributed by atoms with E-state index in [0.717, 1.165) is 38.5 Å². The molecule has 0 unspecified atom stereocenters. The number of hydrogen-bond donors (Lipinski definition) is 3. The second kappa shape index (κ2) is 10.1. The van der Waals surface area contributed by atoms with Crippen LogP contribution in [0.3, 0.4) is 0 Å². The molecule has 0 aromatic rings. The zero-order chi connectivity index (χ0) is 12.5. The van der Waals surface area contributed by atoms with Gasteiger partial charge in [0.05, 0.1) is 6.54 Å². The van der Waals surface area contributed by atoms with E-state index in [-0.39, 0.29) is 30.8 Å². The standard InChI is InChI=1S/C12H23N3O2.ClH/c13-8-4-2-1-3-5-11(16)14-9-12(17)15-10-6-7-10;/h10H,1-9,13H2,(H,14,16)(H,15,17);1H. The first-order chi connectivity index (χ1) is 8.22. The molecule has 6 heteroatoms. The van der Waals surface area contributed by atoms with Gasteiger partial charge in [-0.05, 0) is 32.2 Å². The minimum atomic E-state index is -0.0796. The summed E-state index contributed by atoms with van der Waals surface area (Å²) in [6, 6.07) is 0.357. The molecule has 18 heavy (non-hydrogen) atoms. The van der Waals surface area contributed by atoms with Crippen LogP contribution in [0.25, 0.3) is 0 Å². The van der Waals surface area contributed by atoms with Gasteiger partial charge < -0.3 is 16.4 Å². The van der Waals surface area contributed by atoms with Crippen LogP contribution in [-0.4, -0.2) is 30.9 Å². The van der Waals surface area contributed by atoms with Crippen molar-refractivity contribution in [3.05, 3.63) is 0 Å². The molecular weight excluding hydrogens is 254 g/mol. The van der Waals surface area contributed by atoms with Gasteiger partial charge in [-0.15, -0.1) is 12.4 Å². The van der Waals surface area contributed by atoms with Crippen LogP contribution in [0.1, 0.15) is 44.9 Å². The van der Waals surface area contributed by atoms with Crippen LogP contribution in [0.15, 0.2) is 0 Å². The van der Waals surface area contributed by atoms with Crippen LogP contribution < -0.4 is 16.4 Å². The zero-order valence-corrected chi connectivity index (χ0v) is 11.6. The van der Waals surface area contributed by atoms with Crippen LogP contribution in [0.4, 0.5) is 0 Å². The molecule has 0 saturated heterocycles. The third kappa shape index (κ3) is 9.24. The first kappa shape index (κ1) is 17.2. The number of carbonyl (C=O) groups excluding carboxylic acids is 2. The first-order valence-corrected chi connectivity index (χ1v) is 6.48. The Hall–Kier alpha value is -0.810. The summed E-state index contributed by atoms with van der Waals surface area (Å²) in [7, 11) is 0. The molecular formula is C12H24ClN3O2. The van der Waals surface area contributed by atoms with Gasteiger partial charge in [0.2, 0.25) is 11.8 Å². The van der Waals surface area contributed by atoms with Crippen LogP contribution in [0, 0.1) is 0 Å². The molecule has 1 fully saturated rings. The van der Waals surface area contributed by atoms with E-state index in [0.29, 0.717) is 19.0 Å². The molecule has 0 bridgehead atoms. The fourth-order valence-electron chi connectivity index (χ4n) is 1.56. The summed E-state index contributed by atoms with van der Waals surface area (Å²) < 4.78 is 0. The summed E-state index contributed by atoms with van der Waals surface area (Å²) in [5.41, 5.74) is 5.37. The van der Waals surface area contributed by atoms with E-state index in [1.54, 1.807) is 0 Å². The Kier molecular flexibility index (Phi) is 9.69. The van der Waals surface area contributed by atoms with Gasteiger partial charge >= 0.3 is 0 Å². The largest absolute Gasteiger partial charge is 0.352 e. The molecule has 0 spiro atoms. The van der Waals surface area contributed by atoms with Gasteiger partial charge in [0, 0.05) is 12.5 Å². The summed E-state index contributed by atoms with van der Waals surface area (Å²) in [5, 5.41) is 5.46. The van der Waals surface area contributed by atoms with Crippen molar-refractivity contribution < 1.29 is 9.59 Å². The fraction of sp³-hybridized carbons (Fsp3) is 0.833. The number of carbonyl (C=O) groups is 2. The SMILES string of the molecule is Cl.NCCCCCCC(=O)NCC(=O)NC1CC1. The smallest absolute Gasteiger partial charge is 0.239 e. The lowest BCUT2D eigenvalue weighted by Gasteiger charge is -2.05. The highest BCUT2D eigenvalue weighted by Crippen LogP contribution is 2.18. The number of amides is 2. The Morgan fingerprint density at radius 3 is 2.33 bits per heavy atom. The molecule has 1 aliphatic carbocycles. The average Bonchev–Trinajstić information content (AvgIpc) is 3.10. The summed E-state index contributed by atoms with van der Waals surface area (Å²) in [5.74, 6) is -0.118. The number of rotatable bonds is 9. The van der Waals surface area contributed by atoms with Crippen molar-refractivity contribution in [2.24, 2.45) is 5.73 Å². The second-order valence-electron chi connectivity index (χ2n) is 4.57. The summed E-state index contributed by atoms with van der Waals surface area (Å²) >= 11 is 0. The van der Waals surface area contributed by atoms with Crippen LogP contribution >= 0.6 is 12.4 Å². The van der Waals surface area contributed by atoms with Gasteiger partial charge in [0.25, 0.3) is 0 Å². The molecule has 0 aromatic heterocycles. The molecule has 0 radical (unpaired) electrons. The monoisotopic (exact) mass is 277 g/mol. The van der Waals surface area contributed by atoms with E-state index in [9.17, 15) is 9.59 Å². The van der Waals surface area contributed by atoms with Gasteiger partial charge in [0.15, 0.2) is 0 Å². The topological polar surface area (TPSA) is 84.2 Å². The highest BCUT2D eigenvalue weighted by Gasteiger charge is 2.22. The van der Waals surface area contributed by atoms with Gasteiger partial charge in [-0.3, -0.25) is 9.59 Å². The first-order valence-electron chi connectivity index (χ1n) is 6.48. The number of nitrogens with two attached hydrogens (primary N) is 1. The zero-order valence-electron chi connectivity index (χ0n) is 10.7. The molecule has 1 saturated carbocycles. The van der Waals surface area contributed by atoms with Crippen LogP contribution in [-0.2, 0) is 9.59 Å². The molecule has 0 atom stereocenters. The second-order valence-corrected chi connectivity index (χ2v) is 4.57. The van der Waals surface area contributed by atoms with Crippen molar-refractivity contribution in [3.63, 3.8) is 0 Å². The van der Waals surface area contributed by atoms with E-state index in [2.05, 4.69) is 10.6 Å². The van der Waals surface area contributed by atoms with Gasteiger partial charge in [-0.2, -0.15) is 0 Å². The van der Waals surface area contributed by atoms with E-state index in [4.69, 9.17) is 5.73 Å². The minimum absolute atomic E-state index is 0. The molecule has 0 aromatic carbocycles. The van der Waals surface area contributed by atoms with Crippen molar-refractivity contribution in [3.8, 4) is 0 Å². The van der Waals surface area contributed by atoms with Crippen LogP contribution in [0.5, 0.6) is 0 Å². The van der Waals surface area contributed by atoms with E-state index in [1.165, 1.54) is 0 Å². The maximum Gasteiger partial charge on any atom is 0.239 e. The van der Waals surface area contributed by atoms with Crippen molar-refractivity contribution in [2.45, 2.75) is 51.0 Å². The molecule has 2 amide bonds. The van der Waals surface area contributed by atoms with Crippen molar-refractivity contribution >= 4 is 24.2 Å². The molecule has 106 valence electrons. The highest BCUT2D eigenvalue weighted by molar-refractivity contribution is 5.85. The van der Waals surface area contributed by atoms with E-state index in [1.807, 2.05) is 0 Å². The number of unbranched alkanes of at least 4 members (excludes halogenated alkanes) is 3. The third-order valence-corrected chi connectivity index (χ3v) is 2.75. The lowest BCUT2D eigenvalue weighted by atomic mass is 10.1. The predicted molar refractivity (Wildman–Crippen MR) is 73.6 cm³/mol. The van der Waals surface area contributed by atoms with Crippen molar-refractivity contribution in [2.75, 3.05) is 13.1 Å². The Morgan fingerprint density at radius 1 is 1.06 bits per heavy atom. The Morgan fingerprint density at radius 2 is 1.72 bits per heavy atom. The Bertz CT molecular complexity index is 258. The summed E-state index contributed by atoms with van der Waals surface area (Å²) in [6.45, 7) is 0.825. The van der Waals surface area contributed by atoms with Gasteiger partial charge in [0.1, 0.15) is 0 Å². The third-order valence-electron chi connectivity index (χ3n) is 2.75. The Labute approximate surface area is 115 Å². The number of halogens is 1. The number of nitrogens with one attached hydrogen (secondary N) is 2. The van der Waals surface area contributed by atoms with E-state index < -0.39 is 0 Å². The van der Waals surface area contributed by atoms with Crippen LogP contribution in [0.2, 0.25) is 0 Å². The maximum absolute atomic E-state index is 11.4. The summed E-state index contributed by atoms with van der Waals surface area (Å²) in [4.78, 5) is 22.6. The molecule has 1 aliphatic rings. The summed E-state index contributed by atoms with van der Waals surface area (Å²) in [6.07, 6.45) is 6.63. The van der Waals surface area contributed by atoms with Crippen molar-refractivity contribution in [1.82, 2.24) is 10.6 Å². The van der Waals surface area contributed by atoms with Crippen molar-refractivity contribution in [1.29, 1.82) is 0 Å². The molecule has 5 nitrogen and oxygen atoms in total. The quantitative estimate of drug-likeness (QED) is 0.543. The van der Waals surface area contributed by atoms with E-state index >= 15 is 0 Å². The lowest BCUT2D eigenvalue weighted by molar-refractivity contribution is -0.126. The Balaban J connectivity index is 0.00000289.